The van der Waals surface area contributed by atoms with E-state index in [9.17, 15) is 9.90 Å². The average molecular weight is 714 g/mol. The predicted octanol–water partition coefficient (Wildman–Crippen LogP) is 11.7. The van der Waals surface area contributed by atoms with Gasteiger partial charge in [0.2, 0.25) is 0 Å². The van der Waals surface area contributed by atoms with Crippen LogP contribution in [0.4, 0.5) is 0 Å². The van der Waals surface area contributed by atoms with E-state index in [1.807, 2.05) is 0 Å². The molecule has 0 aromatic rings. The zero-order chi connectivity index (χ0) is 34.6. The van der Waals surface area contributed by atoms with Gasteiger partial charge in [-0.15, -0.1) is 0 Å². The fraction of sp³-hybridized carbons (Fsp3) is 0.976. The van der Waals surface area contributed by atoms with Crippen LogP contribution in [0.1, 0.15) is 206 Å². The third-order valence-corrected chi connectivity index (χ3v) is 15.5. The van der Waals surface area contributed by atoms with Crippen molar-refractivity contribution in [3.8, 4) is 0 Å². The summed E-state index contributed by atoms with van der Waals surface area (Å²) in [7, 11) is -1.05. The summed E-state index contributed by atoms with van der Waals surface area (Å²) in [6, 6.07) is 3.37. The van der Waals surface area contributed by atoms with Crippen molar-refractivity contribution in [2.45, 2.75) is 224 Å². The molecule has 0 aromatic heterocycles. The monoisotopic (exact) mass is 714 g/mol. The van der Waals surface area contributed by atoms with E-state index < -0.39 is 8.96 Å². The first-order valence-corrected chi connectivity index (χ1v) is 24.6. The maximum absolute atomic E-state index is 12.6. The Hall–Kier alpha value is 0.0769. The van der Waals surface area contributed by atoms with Gasteiger partial charge in [-0.1, -0.05) is 173 Å². The minimum Gasteiger partial charge on any atom is -0.396 e. The molecule has 1 aliphatic rings. The van der Waals surface area contributed by atoms with Gasteiger partial charge in [0.1, 0.15) is 15.8 Å². The van der Waals surface area contributed by atoms with E-state index in [1.165, 1.54) is 192 Å². The average Bonchev–Trinajstić information content (AvgIpc) is 3.08. The molecular weight excluding hydrogens is 631 g/mol. The molecule has 1 heterocycles. The molecule has 2 atom stereocenters. The number of aliphatic hydroxyl groups is 2. The summed E-state index contributed by atoms with van der Waals surface area (Å²) < 4.78 is 8.43. The van der Waals surface area contributed by atoms with Crippen LogP contribution >= 0.6 is 11.8 Å². The number of carbonyl (C=O) groups is 1. The summed E-state index contributed by atoms with van der Waals surface area (Å²) in [6.45, 7) is 4.38. The van der Waals surface area contributed by atoms with Crippen molar-refractivity contribution in [2.75, 3.05) is 32.3 Å². The van der Waals surface area contributed by atoms with E-state index in [4.69, 9.17) is 9.84 Å². The number of nitrogens with zero attached hydrogens (tertiary/aromatic N) is 1. The molecule has 1 aliphatic heterocycles. The van der Waals surface area contributed by atoms with Crippen LogP contribution in [0.25, 0.3) is 0 Å². The second-order valence-electron chi connectivity index (χ2n) is 15.0. The smallest absolute Gasteiger partial charge is 0.188 e. The zero-order valence-electron chi connectivity index (χ0n) is 32.1. The van der Waals surface area contributed by atoms with Crippen molar-refractivity contribution < 1.29 is 19.7 Å². The van der Waals surface area contributed by atoms with E-state index in [1.54, 1.807) is 11.8 Å². The van der Waals surface area contributed by atoms with Gasteiger partial charge in [-0.25, -0.2) is 0 Å². The lowest BCUT2D eigenvalue weighted by Crippen LogP contribution is -2.48. The molecule has 0 aromatic carbocycles. The summed E-state index contributed by atoms with van der Waals surface area (Å²) in [6.07, 6.45) is 40.1. The van der Waals surface area contributed by atoms with Crippen LogP contribution in [0.15, 0.2) is 0 Å². The first kappa shape index (κ1) is 46.1. The maximum atomic E-state index is 12.6. The van der Waals surface area contributed by atoms with E-state index in [2.05, 4.69) is 11.5 Å². The summed E-state index contributed by atoms with van der Waals surface area (Å²) in [5.74, 6) is 1.01. The van der Waals surface area contributed by atoms with Crippen molar-refractivity contribution in [1.29, 1.82) is 0 Å². The minimum absolute atomic E-state index is 0.169. The van der Waals surface area contributed by atoms with Crippen LogP contribution in [-0.4, -0.2) is 67.2 Å². The van der Waals surface area contributed by atoms with E-state index >= 15 is 0 Å². The van der Waals surface area contributed by atoms with Gasteiger partial charge in [-0.05, 0) is 57.2 Å². The Balaban J connectivity index is 2.28. The Morgan fingerprint density at radius 1 is 0.667 bits per heavy atom. The molecule has 2 N–H and O–H groups in total. The number of ether oxygens (including phenoxy) is 1. The number of rotatable bonds is 35. The molecule has 0 aliphatic carbocycles. The van der Waals surface area contributed by atoms with Crippen LogP contribution in [0.5, 0.6) is 0 Å². The van der Waals surface area contributed by atoms with E-state index in [0.717, 1.165) is 31.4 Å². The number of carbonyl (C=O) groups excluding carboxylic acids is 1. The molecule has 1 fully saturated rings. The molecule has 286 valence electrons. The normalized spacial score (nSPS) is 16.6. The Morgan fingerprint density at radius 3 is 1.79 bits per heavy atom. The largest absolute Gasteiger partial charge is 0.396 e. The molecule has 1 saturated heterocycles. The van der Waals surface area contributed by atoms with Gasteiger partial charge in [-0.3, -0.25) is 4.79 Å². The SMILES string of the molecule is CCCCCCCCCCCCCCCC(=O)SCCC[SiH]1CCCCCCN1C(CCCCCCCCCCCCO)CCOCO. The third kappa shape index (κ3) is 28.7. The second-order valence-corrected chi connectivity index (χ2v) is 19.3. The van der Waals surface area contributed by atoms with Crippen molar-refractivity contribution in [3.05, 3.63) is 0 Å². The van der Waals surface area contributed by atoms with Crippen LogP contribution < -0.4 is 0 Å². The standard InChI is InChI=1S/C41H83NO4SSi/c1-2-3-4-5-6-7-8-9-10-14-17-20-25-31-41(45)47-36-29-38-48-37-28-23-21-26-33-42(48)40(32-35-46-39-44)30-24-19-16-13-11-12-15-18-22-27-34-43/h40,43-44,48H,2-39H2,1H3. The predicted molar refractivity (Wildman–Crippen MR) is 214 cm³/mol. The molecule has 5 nitrogen and oxygen atoms in total. The highest BCUT2D eigenvalue weighted by Gasteiger charge is 2.27. The Labute approximate surface area is 305 Å². The molecule has 0 radical (unpaired) electrons. The summed E-state index contributed by atoms with van der Waals surface area (Å²) in [5, 5.41) is 18.6. The molecule has 0 amide bonds. The Bertz CT molecular complexity index is 672. The maximum Gasteiger partial charge on any atom is 0.188 e. The molecule has 0 bridgehead atoms. The van der Waals surface area contributed by atoms with Gasteiger partial charge in [0.25, 0.3) is 0 Å². The van der Waals surface area contributed by atoms with Gasteiger partial charge < -0.3 is 19.5 Å². The van der Waals surface area contributed by atoms with E-state index in [-0.39, 0.29) is 6.79 Å². The van der Waals surface area contributed by atoms with Crippen molar-refractivity contribution in [2.24, 2.45) is 0 Å². The lowest BCUT2D eigenvalue weighted by atomic mass is 10.0. The van der Waals surface area contributed by atoms with E-state index in [0.29, 0.717) is 24.4 Å². The molecule has 2 unspecified atom stereocenters. The van der Waals surface area contributed by atoms with Gasteiger partial charge in [0.05, 0.1) is 6.61 Å². The minimum atomic E-state index is -1.05. The fourth-order valence-corrected chi connectivity index (χ4v) is 12.6. The number of aliphatic hydroxyl groups excluding tert-OH is 2. The van der Waals surface area contributed by atoms with Crippen LogP contribution in [0.2, 0.25) is 12.1 Å². The Morgan fingerprint density at radius 2 is 1.21 bits per heavy atom. The molecule has 1 rings (SSSR count). The first-order valence-electron chi connectivity index (χ1n) is 21.4. The zero-order valence-corrected chi connectivity index (χ0v) is 34.1. The highest BCUT2D eigenvalue weighted by Crippen LogP contribution is 2.26. The summed E-state index contributed by atoms with van der Waals surface area (Å²) in [4.78, 5) is 12.6. The lowest BCUT2D eigenvalue weighted by Gasteiger charge is -2.39. The highest BCUT2D eigenvalue weighted by atomic mass is 32.2. The fourth-order valence-electron chi connectivity index (χ4n) is 7.70. The topological polar surface area (TPSA) is 70.0 Å². The van der Waals surface area contributed by atoms with Gasteiger partial charge in [0.15, 0.2) is 5.12 Å². The van der Waals surface area contributed by atoms with Crippen molar-refractivity contribution >= 4 is 25.8 Å². The number of unbranched alkanes of at least 4 members (excludes halogenated alkanes) is 21. The van der Waals surface area contributed by atoms with Crippen LogP contribution in [0, 0.1) is 0 Å². The molecule has 0 saturated carbocycles. The highest BCUT2D eigenvalue weighted by molar-refractivity contribution is 8.13. The van der Waals surface area contributed by atoms with Crippen LogP contribution in [0.3, 0.4) is 0 Å². The lowest BCUT2D eigenvalue weighted by molar-refractivity contribution is -0.111. The van der Waals surface area contributed by atoms with Crippen LogP contribution in [-0.2, 0) is 9.53 Å². The summed E-state index contributed by atoms with van der Waals surface area (Å²) >= 11 is 1.62. The molecular formula is C41H83NO4SSi. The van der Waals surface area contributed by atoms with Crippen molar-refractivity contribution in [1.82, 2.24) is 4.57 Å². The molecule has 0 spiro atoms. The van der Waals surface area contributed by atoms with Gasteiger partial charge in [0, 0.05) is 24.8 Å². The molecule has 48 heavy (non-hydrogen) atoms. The quantitative estimate of drug-likeness (QED) is 0.0387. The Kier molecular flexibility index (Phi) is 35.4. The molecule has 7 heteroatoms. The first-order chi connectivity index (χ1) is 23.7. The number of thioether (sulfide) groups is 1. The number of hydrogen-bond acceptors (Lipinski definition) is 6. The second kappa shape index (κ2) is 36.9. The summed E-state index contributed by atoms with van der Waals surface area (Å²) in [5.41, 5.74) is 0. The van der Waals surface area contributed by atoms with Gasteiger partial charge >= 0.3 is 0 Å². The van der Waals surface area contributed by atoms with Crippen molar-refractivity contribution in [3.63, 3.8) is 0 Å². The van der Waals surface area contributed by atoms with Gasteiger partial charge in [-0.2, -0.15) is 0 Å². The number of hydrogen-bond donors (Lipinski definition) is 2. The third-order valence-electron chi connectivity index (χ3n) is 10.7.